The normalized spacial score (nSPS) is 9.69. The smallest absolute Gasteiger partial charge is 0.285 e. The van der Waals surface area contributed by atoms with Gasteiger partial charge in [-0.2, -0.15) is 0 Å². The highest BCUT2D eigenvalue weighted by Gasteiger charge is 2.14. The standard InChI is InChI=1S/C8H8FN3O/c1-4-5(9)8(13)12(3)7(10)6(4)11-2/h10H2,1,3H3. The number of nitrogen functional groups attached to an aromatic ring is 1. The number of anilines is 1. The number of aromatic nitrogens is 1. The maximum absolute atomic E-state index is 13.1. The van der Waals surface area contributed by atoms with E-state index in [1.807, 2.05) is 0 Å². The number of pyridine rings is 1. The fourth-order valence-corrected chi connectivity index (χ4v) is 1.01. The molecule has 0 aromatic carbocycles. The topological polar surface area (TPSA) is 52.4 Å². The summed E-state index contributed by atoms with van der Waals surface area (Å²) in [5, 5.41) is 0. The molecule has 0 aliphatic heterocycles. The van der Waals surface area contributed by atoms with Gasteiger partial charge in [0.1, 0.15) is 5.82 Å². The van der Waals surface area contributed by atoms with E-state index in [1.54, 1.807) is 0 Å². The molecular weight excluding hydrogens is 173 g/mol. The van der Waals surface area contributed by atoms with Crippen LogP contribution in [0.2, 0.25) is 0 Å². The molecule has 0 saturated heterocycles. The molecule has 0 saturated carbocycles. The van der Waals surface area contributed by atoms with E-state index >= 15 is 0 Å². The van der Waals surface area contributed by atoms with E-state index in [4.69, 9.17) is 12.3 Å². The summed E-state index contributed by atoms with van der Waals surface area (Å²) in [5.41, 5.74) is 4.65. The lowest BCUT2D eigenvalue weighted by Gasteiger charge is -2.07. The van der Waals surface area contributed by atoms with Crippen molar-refractivity contribution in [3.8, 4) is 0 Å². The van der Waals surface area contributed by atoms with Gasteiger partial charge in [0.2, 0.25) is 5.69 Å². The Bertz CT molecular complexity index is 424. The Morgan fingerprint density at radius 3 is 2.62 bits per heavy atom. The lowest BCUT2D eigenvalue weighted by atomic mass is 10.2. The molecule has 0 spiro atoms. The molecule has 5 heteroatoms. The van der Waals surface area contributed by atoms with Gasteiger partial charge >= 0.3 is 0 Å². The molecule has 0 aliphatic rings. The van der Waals surface area contributed by atoms with Crippen LogP contribution in [0.3, 0.4) is 0 Å². The first-order chi connectivity index (χ1) is 6.00. The average Bonchev–Trinajstić information content (AvgIpc) is 2.13. The Balaban J connectivity index is 3.80. The summed E-state index contributed by atoms with van der Waals surface area (Å²) in [7, 11) is 1.33. The van der Waals surface area contributed by atoms with Crippen LogP contribution in [0, 0.1) is 19.3 Å². The van der Waals surface area contributed by atoms with Gasteiger partial charge in [-0.05, 0) is 6.92 Å². The maximum Gasteiger partial charge on any atom is 0.285 e. The van der Waals surface area contributed by atoms with Gasteiger partial charge in [-0.15, -0.1) is 0 Å². The number of hydrogen-bond acceptors (Lipinski definition) is 2. The zero-order chi connectivity index (χ0) is 10.2. The molecule has 68 valence electrons. The molecule has 1 aromatic rings. The molecule has 1 rings (SSSR count). The minimum Gasteiger partial charge on any atom is -0.394 e. The van der Waals surface area contributed by atoms with Crippen LogP contribution in [0.15, 0.2) is 4.79 Å². The van der Waals surface area contributed by atoms with Crippen molar-refractivity contribution in [2.75, 3.05) is 5.73 Å². The van der Waals surface area contributed by atoms with Crippen LogP contribution < -0.4 is 11.3 Å². The van der Waals surface area contributed by atoms with Crippen LogP contribution in [0.1, 0.15) is 5.56 Å². The summed E-state index contributed by atoms with van der Waals surface area (Å²) in [4.78, 5) is 14.1. The monoisotopic (exact) mass is 181 g/mol. The van der Waals surface area contributed by atoms with Crippen molar-refractivity contribution in [2.24, 2.45) is 7.05 Å². The molecule has 0 bridgehead atoms. The molecule has 0 unspecified atom stereocenters. The Hall–Kier alpha value is -1.83. The summed E-state index contributed by atoms with van der Waals surface area (Å²) in [6.45, 7) is 8.11. The van der Waals surface area contributed by atoms with Crippen LogP contribution in [0.5, 0.6) is 0 Å². The van der Waals surface area contributed by atoms with E-state index in [0.717, 1.165) is 4.57 Å². The average molecular weight is 181 g/mol. The summed E-state index contributed by atoms with van der Waals surface area (Å²) in [6.07, 6.45) is 0. The Kier molecular flexibility index (Phi) is 2.07. The van der Waals surface area contributed by atoms with Gasteiger partial charge in [-0.1, -0.05) is 0 Å². The molecular formula is C8H8FN3O. The first-order valence-corrected chi connectivity index (χ1v) is 3.52. The number of hydrogen-bond donors (Lipinski definition) is 1. The van der Waals surface area contributed by atoms with Gasteiger partial charge in [0, 0.05) is 12.6 Å². The zero-order valence-corrected chi connectivity index (χ0v) is 7.26. The van der Waals surface area contributed by atoms with E-state index in [-0.39, 0.29) is 17.1 Å². The third-order valence-corrected chi connectivity index (χ3v) is 1.89. The van der Waals surface area contributed by atoms with Gasteiger partial charge in [-0.3, -0.25) is 4.79 Å². The first kappa shape index (κ1) is 9.26. The maximum atomic E-state index is 13.1. The fourth-order valence-electron chi connectivity index (χ4n) is 1.01. The molecule has 4 nitrogen and oxygen atoms in total. The third-order valence-electron chi connectivity index (χ3n) is 1.89. The molecule has 13 heavy (non-hydrogen) atoms. The Morgan fingerprint density at radius 2 is 2.15 bits per heavy atom. The molecule has 1 heterocycles. The van der Waals surface area contributed by atoms with Crippen LogP contribution in [0.4, 0.5) is 15.9 Å². The minimum atomic E-state index is -0.914. The predicted octanol–water partition coefficient (Wildman–Crippen LogP) is 0.966. The fraction of sp³-hybridized carbons (Fsp3) is 0.250. The number of halogens is 1. The Morgan fingerprint density at radius 1 is 1.62 bits per heavy atom. The van der Waals surface area contributed by atoms with Crippen molar-refractivity contribution in [2.45, 2.75) is 6.92 Å². The quantitative estimate of drug-likeness (QED) is 0.606. The molecule has 2 N–H and O–H groups in total. The van der Waals surface area contributed by atoms with E-state index in [9.17, 15) is 9.18 Å². The highest BCUT2D eigenvalue weighted by Crippen LogP contribution is 2.25. The predicted molar refractivity (Wildman–Crippen MR) is 47.1 cm³/mol. The molecule has 0 aliphatic carbocycles. The van der Waals surface area contributed by atoms with Crippen molar-refractivity contribution >= 4 is 11.5 Å². The summed E-state index contributed by atoms with van der Waals surface area (Å²) < 4.78 is 14.0. The largest absolute Gasteiger partial charge is 0.394 e. The highest BCUT2D eigenvalue weighted by molar-refractivity contribution is 5.67. The molecule has 0 amide bonds. The van der Waals surface area contributed by atoms with Gasteiger partial charge in [0.15, 0.2) is 5.82 Å². The molecule has 0 radical (unpaired) electrons. The van der Waals surface area contributed by atoms with E-state index in [2.05, 4.69) is 4.85 Å². The van der Waals surface area contributed by atoms with Gasteiger partial charge in [0.05, 0.1) is 6.57 Å². The first-order valence-electron chi connectivity index (χ1n) is 3.52. The number of rotatable bonds is 0. The van der Waals surface area contributed by atoms with Crippen molar-refractivity contribution in [3.05, 3.63) is 33.2 Å². The second kappa shape index (κ2) is 2.90. The highest BCUT2D eigenvalue weighted by atomic mass is 19.1. The number of nitrogens with zero attached hydrogens (tertiary/aromatic N) is 2. The van der Waals surface area contributed by atoms with Crippen molar-refractivity contribution in [1.29, 1.82) is 0 Å². The SMILES string of the molecule is [C-]#[N+]c1c(C)c(F)c(=O)n(C)c1N. The lowest BCUT2D eigenvalue weighted by molar-refractivity contribution is 0.585. The second-order valence-corrected chi connectivity index (χ2v) is 2.65. The van der Waals surface area contributed by atoms with Crippen molar-refractivity contribution in [3.63, 3.8) is 0 Å². The number of nitrogens with two attached hydrogens (primary N) is 1. The van der Waals surface area contributed by atoms with Gasteiger partial charge in [-0.25, -0.2) is 9.24 Å². The van der Waals surface area contributed by atoms with E-state index in [0.29, 0.717) is 0 Å². The van der Waals surface area contributed by atoms with Gasteiger partial charge < -0.3 is 10.3 Å². The molecule has 0 fully saturated rings. The summed E-state index contributed by atoms with van der Waals surface area (Å²) in [5.74, 6) is -0.915. The van der Waals surface area contributed by atoms with Crippen LogP contribution >= 0.6 is 0 Å². The van der Waals surface area contributed by atoms with E-state index in [1.165, 1.54) is 14.0 Å². The summed E-state index contributed by atoms with van der Waals surface area (Å²) in [6, 6.07) is 0. The zero-order valence-electron chi connectivity index (χ0n) is 7.26. The van der Waals surface area contributed by atoms with Gasteiger partial charge in [0.25, 0.3) is 5.56 Å². The Labute approximate surface area is 74.2 Å². The van der Waals surface area contributed by atoms with Crippen LogP contribution in [0.25, 0.3) is 4.85 Å². The summed E-state index contributed by atoms with van der Waals surface area (Å²) >= 11 is 0. The second-order valence-electron chi connectivity index (χ2n) is 2.65. The van der Waals surface area contributed by atoms with Crippen LogP contribution in [-0.4, -0.2) is 4.57 Å². The van der Waals surface area contributed by atoms with E-state index < -0.39 is 11.4 Å². The van der Waals surface area contributed by atoms with Crippen LogP contribution in [-0.2, 0) is 7.05 Å². The van der Waals surface area contributed by atoms with Crippen molar-refractivity contribution < 1.29 is 4.39 Å². The third kappa shape index (κ3) is 1.16. The van der Waals surface area contributed by atoms with Crippen molar-refractivity contribution in [1.82, 2.24) is 4.57 Å². The minimum absolute atomic E-state index is 0.000370. The molecule has 0 atom stereocenters. The lowest BCUT2D eigenvalue weighted by Crippen LogP contribution is -2.23. The molecule has 1 aromatic heterocycles.